The fourth-order valence-electron chi connectivity index (χ4n) is 17.2. The number of benzene rings is 4. The van der Waals surface area contributed by atoms with Crippen LogP contribution in [0.4, 0.5) is 63.6 Å². The molecule has 0 bridgehead atoms. The van der Waals surface area contributed by atoms with Crippen molar-refractivity contribution in [3.63, 3.8) is 0 Å². The molecule has 32 heteroatoms. The highest BCUT2D eigenvalue weighted by molar-refractivity contribution is 6.05. The molecule has 4 aromatic carbocycles. The topological polar surface area (TPSA) is 438 Å². The normalized spacial score (nSPS) is 20.0. The van der Waals surface area contributed by atoms with Gasteiger partial charge in [0.05, 0.1) is 71.7 Å². The Morgan fingerprint density at radius 2 is 0.508 bits per heavy atom. The predicted molar refractivity (Wildman–Crippen MR) is 467 cm³/mol. The number of amides is 4. The van der Waals surface area contributed by atoms with Gasteiger partial charge in [-0.15, -0.1) is 0 Å². The molecular formula is C92H84F4N24O4. The lowest BCUT2D eigenvalue weighted by Crippen LogP contribution is -2.16. The number of nitrogens with one attached hydrogen (secondary N) is 8. The van der Waals surface area contributed by atoms with E-state index in [1.165, 1.54) is 24.8 Å². The van der Waals surface area contributed by atoms with Gasteiger partial charge in [-0.25, -0.2) is 57.4 Å². The van der Waals surface area contributed by atoms with Crippen LogP contribution < -0.4 is 44.2 Å². The first kappa shape index (κ1) is 81.1. The van der Waals surface area contributed by atoms with Gasteiger partial charge in [0.2, 0.25) is 23.6 Å². The standard InChI is InChI=1S/4C23H21FN6O/c4*1-11-3-4-26-7-15(11)14-5-13-6-18(28-8-16(13)22(25)21(14)24)30-23(31)20-12(2)19(20)17-9-27-10-29-17/h4*3-10,12,19-20H,25H2,1-2H3,(H,27,29)(H,28,30,31)/t2*12-,19+,20-;2*12-,19-,20+/m1010/s1. The van der Waals surface area contributed by atoms with Crippen molar-refractivity contribution in [2.45, 2.75) is 79.1 Å². The molecule has 16 aromatic rings. The van der Waals surface area contributed by atoms with Crippen molar-refractivity contribution in [2.75, 3.05) is 44.2 Å². The van der Waals surface area contributed by atoms with Crippen molar-refractivity contribution in [3.8, 4) is 44.5 Å². The number of nitrogens with two attached hydrogens (primary N) is 4. The minimum Gasteiger partial charge on any atom is -0.396 e. The number of fused-ring (bicyclic) bond motifs is 4. The number of halogens is 4. The summed E-state index contributed by atoms with van der Waals surface area (Å²) in [6.07, 6.45) is 32.6. The van der Waals surface area contributed by atoms with Crippen molar-refractivity contribution in [1.82, 2.24) is 79.7 Å². The number of nitrogens with zero attached hydrogens (tertiary/aromatic N) is 12. The van der Waals surface area contributed by atoms with Crippen LogP contribution in [0.1, 0.15) is 96.4 Å². The van der Waals surface area contributed by atoms with Gasteiger partial charge in [0.1, 0.15) is 23.3 Å². The highest BCUT2D eigenvalue weighted by Gasteiger charge is 2.56. The van der Waals surface area contributed by atoms with E-state index >= 15 is 0 Å². The quantitative estimate of drug-likeness (QED) is 0.0316. The zero-order chi connectivity index (χ0) is 86.8. The van der Waals surface area contributed by atoms with E-state index in [2.05, 4.69) is 101 Å². The van der Waals surface area contributed by atoms with E-state index in [-0.39, 0.29) is 117 Å². The number of carbonyl (C=O) groups is 4. The predicted octanol–water partition coefficient (Wildman–Crippen LogP) is 16.2. The van der Waals surface area contributed by atoms with Crippen molar-refractivity contribution in [3.05, 3.63) is 266 Å². The van der Waals surface area contributed by atoms with Crippen molar-refractivity contribution in [1.29, 1.82) is 0 Å². The number of rotatable bonds is 16. The fourth-order valence-corrected chi connectivity index (χ4v) is 17.2. The maximum absolute atomic E-state index is 15.0. The number of aromatic nitrogens is 16. The molecule has 4 aliphatic carbocycles. The first-order valence-corrected chi connectivity index (χ1v) is 40.1. The number of aromatic amines is 4. The number of imidazole rings is 4. The number of anilines is 8. The van der Waals surface area contributed by atoms with E-state index in [0.29, 0.717) is 111 Å². The van der Waals surface area contributed by atoms with Crippen LogP contribution in [0.3, 0.4) is 0 Å². The van der Waals surface area contributed by atoms with Gasteiger partial charge in [0.15, 0.2) is 23.3 Å². The van der Waals surface area contributed by atoms with Crippen molar-refractivity contribution in [2.24, 2.45) is 47.3 Å². The van der Waals surface area contributed by atoms with Gasteiger partial charge in [0.25, 0.3) is 0 Å². The molecule has 0 unspecified atom stereocenters. The molecule has 20 rings (SSSR count). The molecule has 16 N–H and O–H groups in total. The number of hydrogen-bond acceptors (Lipinski definition) is 20. The molecule has 0 saturated heterocycles. The Hall–Kier alpha value is -15.2. The Kier molecular flexibility index (Phi) is 21.6. The Bertz CT molecular complexity index is 6020. The van der Waals surface area contributed by atoms with Crippen LogP contribution in [-0.4, -0.2) is 103 Å². The third kappa shape index (κ3) is 15.6. The Morgan fingerprint density at radius 1 is 0.298 bits per heavy atom. The molecule has 4 fully saturated rings. The summed E-state index contributed by atoms with van der Waals surface area (Å²) in [5.41, 5.74) is 36.0. The third-order valence-corrected chi connectivity index (χ3v) is 24.6. The summed E-state index contributed by atoms with van der Waals surface area (Å²) in [6, 6.07) is 21.0. The molecular weight excluding hydrogens is 1580 g/mol. The van der Waals surface area contributed by atoms with E-state index in [1.54, 1.807) is 148 Å². The summed E-state index contributed by atoms with van der Waals surface area (Å²) < 4.78 is 59.9. The van der Waals surface area contributed by atoms with Crippen LogP contribution in [0, 0.1) is 98.3 Å². The highest BCUT2D eigenvalue weighted by Crippen LogP contribution is 2.57. The number of carbonyl (C=O) groups excluding carboxylic acids is 4. The Balaban J connectivity index is 0.000000117. The molecule has 12 heterocycles. The van der Waals surface area contributed by atoms with Crippen molar-refractivity contribution < 1.29 is 36.7 Å². The van der Waals surface area contributed by atoms with Crippen molar-refractivity contribution >= 4 is 113 Å². The smallest absolute Gasteiger partial charge is 0.229 e. The number of hydrogen-bond donors (Lipinski definition) is 12. The van der Waals surface area contributed by atoms with Gasteiger partial charge in [-0.05, 0) is 168 Å². The molecule has 4 amide bonds. The summed E-state index contributed by atoms with van der Waals surface area (Å²) in [4.78, 5) is 113. The van der Waals surface area contributed by atoms with Crippen LogP contribution in [0.2, 0.25) is 0 Å². The molecule has 12 aromatic heterocycles. The Labute approximate surface area is 706 Å². The van der Waals surface area contributed by atoms with E-state index in [0.717, 1.165) is 45.0 Å². The summed E-state index contributed by atoms with van der Waals surface area (Å²) in [5, 5.41) is 16.3. The van der Waals surface area contributed by atoms with Gasteiger partial charge in [0, 0.05) is 212 Å². The second-order valence-electron chi connectivity index (χ2n) is 32.2. The van der Waals surface area contributed by atoms with E-state index in [4.69, 9.17) is 22.9 Å². The van der Waals surface area contributed by atoms with Gasteiger partial charge in [-0.2, -0.15) is 0 Å². The summed E-state index contributed by atoms with van der Waals surface area (Å²) >= 11 is 0. The molecule has 0 radical (unpaired) electrons. The zero-order valence-electron chi connectivity index (χ0n) is 68.2. The average Bonchev–Trinajstić information content (AvgIpc) is 1.60. The molecule has 624 valence electrons. The van der Waals surface area contributed by atoms with E-state index in [1.807, 2.05) is 79.7 Å². The van der Waals surface area contributed by atoms with E-state index < -0.39 is 23.3 Å². The number of pyridine rings is 8. The monoisotopic (exact) mass is 1660 g/mol. The van der Waals surface area contributed by atoms with Crippen LogP contribution in [0.25, 0.3) is 87.6 Å². The van der Waals surface area contributed by atoms with Gasteiger partial charge >= 0.3 is 0 Å². The zero-order valence-corrected chi connectivity index (χ0v) is 68.2. The molecule has 124 heavy (non-hydrogen) atoms. The lowest BCUT2D eigenvalue weighted by atomic mass is 9.98. The second-order valence-corrected chi connectivity index (χ2v) is 32.2. The molecule has 0 spiro atoms. The SMILES string of the molecule is Cc1ccncc1-c1cc2cc(NC(=O)[C@@H]3[C@@H](C)[C@H]3c3cnc[nH]3)ncc2c(N)c1F.Cc1ccncc1-c1cc2cc(NC(=O)[C@@H]3[C@H](C)[C@H]3c3cnc[nH]3)ncc2c(N)c1F.Cc1ccncc1-c1cc2cc(NC(=O)[C@H]3[C@@H](C)[C@@H]3c3cnc[nH]3)ncc2c(N)c1F.Cc1ccncc1-c1cc2cc(NC(=O)[C@H]3[C@H](C)[C@@H]3c3cnc[nH]3)ncc2c(N)c1F. The van der Waals surface area contributed by atoms with Crippen LogP contribution in [0.5, 0.6) is 0 Å². The molecule has 4 aliphatic rings. The van der Waals surface area contributed by atoms with Gasteiger partial charge in [-0.1, -0.05) is 27.7 Å². The molecule has 0 aliphatic heterocycles. The number of H-pyrrole nitrogens is 4. The lowest BCUT2D eigenvalue weighted by Gasteiger charge is -2.12. The highest BCUT2D eigenvalue weighted by atomic mass is 19.1. The van der Waals surface area contributed by atoms with Gasteiger partial charge < -0.3 is 64.1 Å². The maximum Gasteiger partial charge on any atom is 0.229 e. The molecule has 28 nitrogen and oxygen atoms in total. The first-order chi connectivity index (χ1) is 59.8. The fraction of sp³-hybridized carbons (Fsp3) is 0.217. The number of nitrogen functional groups attached to an aromatic ring is 4. The molecule has 12 atom stereocenters. The lowest BCUT2D eigenvalue weighted by molar-refractivity contribution is -0.118. The summed E-state index contributed by atoms with van der Waals surface area (Å²) in [7, 11) is 0. The third-order valence-electron chi connectivity index (χ3n) is 24.6. The largest absolute Gasteiger partial charge is 0.396 e. The minimum absolute atomic E-state index is 0.0243. The minimum atomic E-state index is -0.503. The number of aryl methyl sites for hydroxylation is 4. The molecule has 4 saturated carbocycles. The Morgan fingerprint density at radius 3 is 0.694 bits per heavy atom. The maximum atomic E-state index is 15.0. The first-order valence-electron chi connectivity index (χ1n) is 40.1. The van der Waals surface area contributed by atoms with Gasteiger partial charge in [-0.3, -0.25) is 39.1 Å². The summed E-state index contributed by atoms with van der Waals surface area (Å²) in [5.74, 6) is -0.0664. The van der Waals surface area contributed by atoms with Crippen LogP contribution in [0.15, 0.2) is 197 Å². The van der Waals surface area contributed by atoms with Crippen LogP contribution >= 0.6 is 0 Å². The van der Waals surface area contributed by atoms with Crippen LogP contribution in [-0.2, 0) is 19.2 Å². The average molecular weight is 1670 g/mol. The summed E-state index contributed by atoms with van der Waals surface area (Å²) in [6.45, 7) is 15.7. The second kappa shape index (κ2) is 33.1. The van der Waals surface area contributed by atoms with E-state index in [9.17, 15) is 36.7 Å².